The van der Waals surface area contributed by atoms with E-state index in [2.05, 4.69) is 10.2 Å². The minimum atomic E-state index is -0.0613. The summed E-state index contributed by atoms with van der Waals surface area (Å²) in [6.07, 6.45) is 4.63. The molecule has 5 heteroatoms. The molecule has 0 heterocycles. The molecule has 0 aromatic carbocycles. The molecule has 0 aromatic heterocycles. The van der Waals surface area contributed by atoms with Gasteiger partial charge in [-0.3, -0.25) is 4.90 Å². The Labute approximate surface area is 123 Å². The van der Waals surface area contributed by atoms with Crippen molar-refractivity contribution in [2.24, 2.45) is 5.92 Å². The summed E-state index contributed by atoms with van der Waals surface area (Å²) in [5.41, 5.74) is -0.0613. The molecule has 0 amide bonds. The minimum absolute atomic E-state index is 0.0613. The third-order valence-electron chi connectivity index (χ3n) is 4.75. The van der Waals surface area contributed by atoms with Gasteiger partial charge in [0, 0.05) is 32.8 Å². The largest absolute Gasteiger partial charge is 0.394 e. The van der Waals surface area contributed by atoms with Gasteiger partial charge < -0.3 is 19.9 Å². The van der Waals surface area contributed by atoms with E-state index in [9.17, 15) is 5.11 Å². The predicted octanol–water partition coefficient (Wildman–Crippen LogP) is 0.722. The molecule has 1 aliphatic rings. The quantitative estimate of drug-likeness (QED) is 0.587. The highest BCUT2D eigenvalue weighted by Gasteiger charge is 2.40. The van der Waals surface area contributed by atoms with Gasteiger partial charge in [-0.05, 0) is 38.8 Å². The zero-order valence-electron chi connectivity index (χ0n) is 13.4. The number of rotatable bonds is 11. The fraction of sp³-hybridized carbons (Fsp3) is 1.00. The van der Waals surface area contributed by atoms with Gasteiger partial charge >= 0.3 is 0 Å². The number of ether oxygens (including phenoxy) is 2. The zero-order chi connectivity index (χ0) is 14.8. The summed E-state index contributed by atoms with van der Waals surface area (Å²) < 4.78 is 10.3. The molecule has 120 valence electrons. The smallest absolute Gasteiger partial charge is 0.0615 e. The number of hydrogen-bond donors (Lipinski definition) is 2. The van der Waals surface area contributed by atoms with Gasteiger partial charge in [0.1, 0.15) is 0 Å². The number of aliphatic hydroxyl groups excluding tert-OH is 1. The average molecular weight is 288 g/mol. The molecule has 2 unspecified atom stereocenters. The van der Waals surface area contributed by atoms with Crippen molar-refractivity contribution in [3.05, 3.63) is 0 Å². The normalized spacial score (nSPS) is 26.6. The van der Waals surface area contributed by atoms with E-state index in [1.54, 1.807) is 14.2 Å². The molecule has 1 fully saturated rings. The van der Waals surface area contributed by atoms with Gasteiger partial charge in [-0.25, -0.2) is 0 Å². The van der Waals surface area contributed by atoms with Crippen molar-refractivity contribution in [3.8, 4) is 0 Å². The van der Waals surface area contributed by atoms with Gasteiger partial charge in [-0.2, -0.15) is 0 Å². The second kappa shape index (κ2) is 9.68. The lowest BCUT2D eigenvalue weighted by Gasteiger charge is -2.35. The van der Waals surface area contributed by atoms with Crippen LogP contribution in [0.2, 0.25) is 0 Å². The molecular weight excluding hydrogens is 256 g/mol. The molecule has 0 spiro atoms. The van der Waals surface area contributed by atoms with E-state index >= 15 is 0 Å². The molecule has 2 atom stereocenters. The lowest BCUT2D eigenvalue weighted by Crippen LogP contribution is -2.50. The number of aliphatic hydroxyl groups is 1. The molecule has 2 N–H and O–H groups in total. The molecule has 0 aliphatic heterocycles. The van der Waals surface area contributed by atoms with Crippen LogP contribution >= 0.6 is 0 Å². The number of methoxy groups -OCH3 is 2. The van der Waals surface area contributed by atoms with E-state index in [-0.39, 0.29) is 12.1 Å². The van der Waals surface area contributed by atoms with Gasteiger partial charge in [0.2, 0.25) is 0 Å². The average Bonchev–Trinajstić information content (AvgIpc) is 2.90. The van der Waals surface area contributed by atoms with Crippen LogP contribution in [0.25, 0.3) is 0 Å². The van der Waals surface area contributed by atoms with Gasteiger partial charge in [0.15, 0.2) is 0 Å². The fourth-order valence-corrected chi connectivity index (χ4v) is 3.30. The summed E-state index contributed by atoms with van der Waals surface area (Å²) in [6.45, 7) is 4.68. The Morgan fingerprint density at radius 3 is 2.35 bits per heavy atom. The van der Waals surface area contributed by atoms with Crippen molar-refractivity contribution in [1.29, 1.82) is 0 Å². The predicted molar refractivity (Wildman–Crippen MR) is 81.0 cm³/mol. The fourth-order valence-electron chi connectivity index (χ4n) is 3.30. The van der Waals surface area contributed by atoms with Crippen LogP contribution in [0, 0.1) is 5.92 Å². The highest BCUT2D eigenvalue weighted by molar-refractivity contribution is 4.98. The summed E-state index contributed by atoms with van der Waals surface area (Å²) in [5.74, 6) is 0.560. The van der Waals surface area contributed by atoms with Gasteiger partial charge in [0.05, 0.1) is 19.8 Å². The Morgan fingerprint density at radius 1 is 1.20 bits per heavy atom. The minimum Gasteiger partial charge on any atom is -0.394 e. The van der Waals surface area contributed by atoms with Crippen molar-refractivity contribution in [2.45, 2.75) is 31.2 Å². The molecule has 0 aromatic rings. The SMILES string of the molecule is CNC1(CO)CCCC1CCN(CCOC)CCOC. The molecular formula is C15H32N2O3. The summed E-state index contributed by atoms with van der Waals surface area (Å²) in [5, 5.41) is 13.1. The van der Waals surface area contributed by atoms with Crippen LogP contribution in [0.15, 0.2) is 0 Å². The van der Waals surface area contributed by atoms with Crippen LogP contribution in [0.3, 0.4) is 0 Å². The lowest BCUT2D eigenvalue weighted by molar-refractivity contribution is 0.0932. The first-order chi connectivity index (χ1) is 9.72. The van der Waals surface area contributed by atoms with E-state index in [1.165, 1.54) is 12.8 Å². The molecule has 5 nitrogen and oxygen atoms in total. The van der Waals surface area contributed by atoms with Crippen LogP contribution in [0.4, 0.5) is 0 Å². The molecule has 0 saturated heterocycles. The van der Waals surface area contributed by atoms with E-state index in [0.29, 0.717) is 5.92 Å². The number of hydrogen-bond acceptors (Lipinski definition) is 5. The Balaban J connectivity index is 2.44. The van der Waals surface area contributed by atoms with Crippen LogP contribution in [-0.2, 0) is 9.47 Å². The topological polar surface area (TPSA) is 54.0 Å². The van der Waals surface area contributed by atoms with Crippen molar-refractivity contribution >= 4 is 0 Å². The first-order valence-electron chi connectivity index (χ1n) is 7.72. The molecule has 0 radical (unpaired) electrons. The zero-order valence-corrected chi connectivity index (χ0v) is 13.4. The summed E-state index contributed by atoms with van der Waals surface area (Å²) >= 11 is 0. The van der Waals surface area contributed by atoms with Gasteiger partial charge in [-0.1, -0.05) is 6.42 Å². The van der Waals surface area contributed by atoms with E-state index in [4.69, 9.17) is 9.47 Å². The lowest BCUT2D eigenvalue weighted by atomic mass is 9.85. The van der Waals surface area contributed by atoms with Gasteiger partial charge in [-0.15, -0.1) is 0 Å². The van der Waals surface area contributed by atoms with E-state index in [0.717, 1.165) is 45.7 Å². The monoisotopic (exact) mass is 288 g/mol. The Bertz CT molecular complexity index is 239. The van der Waals surface area contributed by atoms with Gasteiger partial charge in [0.25, 0.3) is 0 Å². The van der Waals surface area contributed by atoms with Crippen molar-refractivity contribution in [1.82, 2.24) is 10.2 Å². The van der Waals surface area contributed by atoms with Crippen LogP contribution in [0.5, 0.6) is 0 Å². The maximum absolute atomic E-state index is 9.72. The summed E-state index contributed by atoms with van der Waals surface area (Å²) in [6, 6.07) is 0. The van der Waals surface area contributed by atoms with Crippen LogP contribution in [-0.4, -0.2) is 76.3 Å². The Hall–Kier alpha value is -0.200. The number of nitrogens with zero attached hydrogens (tertiary/aromatic N) is 1. The molecule has 1 aliphatic carbocycles. The molecule has 20 heavy (non-hydrogen) atoms. The number of likely N-dealkylation sites (N-methyl/N-ethyl adjacent to an activating group) is 1. The van der Waals surface area contributed by atoms with E-state index < -0.39 is 0 Å². The Kier molecular flexibility index (Phi) is 8.64. The van der Waals surface area contributed by atoms with Crippen molar-refractivity contribution < 1.29 is 14.6 Å². The maximum atomic E-state index is 9.72. The molecule has 0 bridgehead atoms. The number of nitrogens with one attached hydrogen (secondary N) is 1. The molecule has 1 saturated carbocycles. The first-order valence-corrected chi connectivity index (χ1v) is 7.72. The molecule has 1 rings (SSSR count). The highest BCUT2D eigenvalue weighted by Crippen LogP contribution is 2.37. The highest BCUT2D eigenvalue weighted by atomic mass is 16.5. The van der Waals surface area contributed by atoms with Crippen molar-refractivity contribution in [2.75, 3.05) is 60.7 Å². The standard InChI is InChI=1S/C15H32N2O3/c1-16-15(13-18)7-4-5-14(15)6-8-17(9-11-19-2)10-12-20-3/h14,16,18H,4-13H2,1-3H3. The summed E-state index contributed by atoms with van der Waals surface area (Å²) in [4.78, 5) is 2.39. The first kappa shape index (κ1) is 17.9. The Morgan fingerprint density at radius 2 is 1.85 bits per heavy atom. The third-order valence-corrected chi connectivity index (χ3v) is 4.75. The second-order valence-corrected chi connectivity index (χ2v) is 5.77. The van der Waals surface area contributed by atoms with Crippen LogP contribution < -0.4 is 5.32 Å². The second-order valence-electron chi connectivity index (χ2n) is 5.77. The third kappa shape index (κ3) is 4.97. The van der Waals surface area contributed by atoms with Crippen molar-refractivity contribution in [3.63, 3.8) is 0 Å². The van der Waals surface area contributed by atoms with E-state index in [1.807, 2.05) is 7.05 Å². The summed E-state index contributed by atoms with van der Waals surface area (Å²) in [7, 11) is 5.45. The maximum Gasteiger partial charge on any atom is 0.0615 e. The van der Waals surface area contributed by atoms with Crippen LogP contribution in [0.1, 0.15) is 25.7 Å².